The van der Waals surface area contributed by atoms with E-state index in [-0.39, 0.29) is 10.5 Å². The minimum Gasteiger partial charge on any atom is -0.478 e. The highest BCUT2D eigenvalue weighted by Gasteiger charge is 2.17. The van der Waals surface area contributed by atoms with Crippen molar-refractivity contribution in [1.82, 2.24) is 58.7 Å². The van der Waals surface area contributed by atoms with Crippen LogP contribution in [0, 0.1) is 0 Å². The fourth-order valence-corrected chi connectivity index (χ4v) is 10.9. The SMILES string of the molecule is CCc1nn(C)c2cc(-c3ccnn3-c3ccc(C(=O)O)cc3)ccc12.CCc1nn(C)c2cc(-c3ccnn3-c3ccc(S(C)(=O)=O)cc3)ccc12.CCc1nn(C)c2cc(-c3ccnn3-c3ccc(S(N)(=O)=O)cc3)ccc12. The maximum absolute atomic E-state index is 11.7. The molecular weight excluding hydrogens is 1050 g/mol. The second-order valence-electron chi connectivity index (χ2n) is 19.0. The quantitative estimate of drug-likeness (QED) is 0.116. The van der Waals surface area contributed by atoms with Gasteiger partial charge in [0.2, 0.25) is 10.0 Å². The van der Waals surface area contributed by atoms with E-state index < -0.39 is 25.8 Å². The van der Waals surface area contributed by atoms with Gasteiger partial charge in [0.25, 0.3) is 0 Å². The number of sulfone groups is 1. The number of hydrogen-bond acceptors (Lipinski definition) is 11. The molecular formula is C59H57N13O6S2. The van der Waals surface area contributed by atoms with Gasteiger partial charge in [0, 0.05) is 60.2 Å². The molecule has 0 aliphatic rings. The Labute approximate surface area is 461 Å². The van der Waals surface area contributed by atoms with Gasteiger partial charge in [0.05, 0.1) is 102 Å². The molecule has 0 saturated carbocycles. The van der Waals surface area contributed by atoms with Gasteiger partial charge in [-0.1, -0.05) is 57.2 Å². The number of hydrogen-bond donors (Lipinski definition) is 2. The highest BCUT2D eigenvalue weighted by Crippen LogP contribution is 2.32. The van der Waals surface area contributed by atoms with Crippen LogP contribution in [0.25, 0.3) is 83.5 Å². The number of benzene rings is 6. The van der Waals surface area contributed by atoms with Crippen molar-refractivity contribution in [3.8, 4) is 50.8 Å². The maximum atomic E-state index is 11.7. The Morgan fingerprint density at radius 3 is 1.06 bits per heavy atom. The second-order valence-corrected chi connectivity index (χ2v) is 22.6. The zero-order valence-electron chi connectivity index (χ0n) is 45.0. The summed E-state index contributed by atoms with van der Waals surface area (Å²) in [4.78, 5) is 11.4. The number of fused-ring (bicyclic) bond motifs is 3. The molecule has 80 heavy (non-hydrogen) atoms. The van der Waals surface area contributed by atoms with Crippen LogP contribution < -0.4 is 5.14 Å². The van der Waals surface area contributed by atoms with Crippen molar-refractivity contribution in [3.63, 3.8) is 0 Å². The van der Waals surface area contributed by atoms with Gasteiger partial charge in [-0.2, -0.15) is 30.6 Å². The van der Waals surface area contributed by atoms with E-state index in [4.69, 9.17) is 10.2 Å². The molecule has 406 valence electrons. The molecule has 19 nitrogen and oxygen atoms in total. The topological polar surface area (TPSA) is 239 Å². The lowest BCUT2D eigenvalue weighted by Gasteiger charge is -2.09. The molecule has 12 rings (SSSR count). The second kappa shape index (κ2) is 21.8. The number of aryl methyl sites for hydroxylation is 6. The molecule has 6 heterocycles. The predicted molar refractivity (Wildman–Crippen MR) is 309 cm³/mol. The van der Waals surface area contributed by atoms with Crippen LogP contribution in [-0.2, 0) is 60.3 Å². The Kier molecular flexibility index (Phi) is 14.8. The lowest BCUT2D eigenvalue weighted by Crippen LogP contribution is -2.12. The smallest absolute Gasteiger partial charge is 0.335 e. The molecule has 0 amide bonds. The first-order chi connectivity index (χ1) is 38.3. The summed E-state index contributed by atoms with van der Waals surface area (Å²) < 4.78 is 57.3. The molecule has 0 bridgehead atoms. The molecule has 12 aromatic rings. The van der Waals surface area contributed by atoms with Crippen LogP contribution in [0.3, 0.4) is 0 Å². The van der Waals surface area contributed by atoms with E-state index in [1.54, 1.807) is 83.9 Å². The van der Waals surface area contributed by atoms with Crippen LogP contribution in [0.5, 0.6) is 0 Å². The predicted octanol–water partition coefficient (Wildman–Crippen LogP) is 9.71. The van der Waals surface area contributed by atoms with Gasteiger partial charge >= 0.3 is 5.97 Å². The number of nitrogens with two attached hydrogens (primary N) is 1. The number of carboxylic acids is 1. The average Bonchev–Trinajstić information content (AvgIpc) is 4.38. The molecule has 0 spiro atoms. The molecule has 0 saturated heterocycles. The van der Waals surface area contributed by atoms with Crippen LogP contribution in [-0.4, -0.2) is 92.9 Å². The maximum Gasteiger partial charge on any atom is 0.335 e. The zero-order valence-corrected chi connectivity index (χ0v) is 46.6. The van der Waals surface area contributed by atoms with Crippen LogP contribution in [0.4, 0.5) is 0 Å². The summed E-state index contributed by atoms with van der Waals surface area (Å²) in [6.45, 7) is 6.30. The number of nitrogens with zero attached hydrogens (tertiary/aromatic N) is 12. The van der Waals surface area contributed by atoms with Gasteiger partial charge < -0.3 is 5.11 Å². The van der Waals surface area contributed by atoms with Crippen molar-refractivity contribution < 1.29 is 26.7 Å². The number of primary sulfonamides is 1. The standard InChI is InChI=1S/C20H20N4O2S.C20H18N4O2.C19H19N5O2S/c1-4-18-17-10-5-14(13-20(17)23(2)22-18)19-11-12-21-24(19)15-6-8-16(9-7-15)27(3,25)26;1-3-17-16-9-6-14(12-19(16)23(2)22-17)18-10-11-21-24(18)15-7-4-13(5-8-15)20(25)26;1-3-17-16-9-4-13(12-19(16)23(2)22-17)18-10-11-21-24(18)14-5-7-15(8-6-14)27(20,25)26/h5-13H,4H2,1-3H3;4-12H,3H2,1-2H3,(H,25,26);4-12H,3H2,1-2H3,(H2,20,25,26). The van der Waals surface area contributed by atoms with Crippen LogP contribution >= 0.6 is 0 Å². The third-order valence-corrected chi connectivity index (χ3v) is 15.9. The van der Waals surface area contributed by atoms with E-state index in [2.05, 4.69) is 106 Å². The van der Waals surface area contributed by atoms with Gasteiger partial charge in [0.1, 0.15) is 0 Å². The highest BCUT2D eigenvalue weighted by molar-refractivity contribution is 7.90. The van der Waals surface area contributed by atoms with E-state index in [0.29, 0.717) is 4.90 Å². The van der Waals surface area contributed by atoms with Crippen molar-refractivity contribution in [2.24, 2.45) is 26.3 Å². The summed E-state index contributed by atoms with van der Waals surface area (Å²) in [6, 6.07) is 44.4. The largest absolute Gasteiger partial charge is 0.478 e. The summed E-state index contributed by atoms with van der Waals surface area (Å²) in [5, 5.41) is 44.6. The Bertz CT molecular complexity index is 4290. The first-order valence-corrected chi connectivity index (χ1v) is 29.1. The summed E-state index contributed by atoms with van der Waals surface area (Å²) in [5.41, 5.74) is 14.9. The summed E-state index contributed by atoms with van der Waals surface area (Å²) in [7, 11) is -1.10. The molecule has 3 N–H and O–H groups in total. The van der Waals surface area contributed by atoms with E-state index in [1.807, 2.05) is 62.8 Å². The Hall–Kier alpha value is -9.31. The number of aromatic nitrogens is 12. The van der Waals surface area contributed by atoms with Gasteiger partial charge in [-0.25, -0.2) is 40.8 Å². The van der Waals surface area contributed by atoms with Crippen molar-refractivity contribution in [2.45, 2.75) is 49.8 Å². The Morgan fingerprint density at radius 1 is 0.463 bits per heavy atom. The molecule has 0 aliphatic heterocycles. The van der Waals surface area contributed by atoms with Crippen LogP contribution in [0.15, 0.2) is 174 Å². The molecule has 0 fully saturated rings. The third kappa shape index (κ3) is 10.7. The number of carbonyl (C=O) groups is 1. The summed E-state index contributed by atoms with van der Waals surface area (Å²) in [5.74, 6) is -0.939. The summed E-state index contributed by atoms with van der Waals surface area (Å²) in [6.07, 6.45) is 9.07. The number of carboxylic acid groups (broad SMARTS) is 1. The minimum absolute atomic E-state index is 0.0726. The molecule has 0 atom stereocenters. The van der Waals surface area contributed by atoms with Crippen molar-refractivity contribution in [3.05, 3.63) is 187 Å². The molecule has 6 aromatic carbocycles. The van der Waals surface area contributed by atoms with E-state index in [0.717, 1.165) is 120 Å². The van der Waals surface area contributed by atoms with E-state index >= 15 is 0 Å². The van der Waals surface area contributed by atoms with Crippen LogP contribution in [0.2, 0.25) is 0 Å². The van der Waals surface area contributed by atoms with Crippen LogP contribution in [0.1, 0.15) is 48.2 Å². The lowest BCUT2D eigenvalue weighted by molar-refractivity contribution is 0.0696. The van der Waals surface area contributed by atoms with E-state index in [1.165, 1.54) is 18.4 Å². The van der Waals surface area contributed by atoms with Crippen molar-refractivity contribution in [1.29, 1.82) is 0 Å². The number of sulfonamides is 1. The van der Waals surface area contributed by atoms with Gasteiger partial charge in [-0.15, -0.1) is 0 Å². The fourth-order valence-electron chi connectivity index (χ4n) is 9.80. The molecule has 0 unspecified atom stereocenters. The van der Waals surface area contributed by atoms with Gasteiger partial charge in [0.15, 0.2) is 9.84 Å². The van der Waals surface area contributed by atoms with Crippen molar-refractivity contribution in [2.75, 3.05) is 6.26 Å². The number of rotatable bonds is 12. The average molecular weight is 1110 g/mol. The zero-order chi connectivity index (χ0) is 56.6. The lowest BCUT2D eigenvalue weighted by atomic mass is 10.1. The Morgan fingerprint density at radius 2 is 0.775 bits per heavy atom. The molecule has 6 aromatic heterocycles. The number of aromatic carboxylic acids is 1. The highest BCUT2D eigenvalue weighted by atomic mass is 32.2. The molecule has 0 radical (unpaired) electrons. The summed E-state index contributed by atoms with van der Waals surface area (Å²) >= 11 is 0. The Balaban J connectivity index is 0.000000135. The van der Waals surface area contributed by atoms with Gasteiger partial charge in [-0.3, -0.25) is 14.0 Å². The first-order valence-electron chi connectivity index (χ1n) is 25.6. The van der Waals surface area contributed by atoms with Crippen molar-refractivity contribution >= 4 is 58.5 Å². The monoisotopic (exact) mass is 1110 g/mol. The molecule has 0 aliphatic carbocycles. The first kappa shape index (κ1) is 54.1. The van der Waals surface area contributed by atoms with Gasteiger partial charge in [-0.05, 0) is 128 Å². The van der Waals surface area contributed by atoms with E-state index in [9.17, 15) is 21.6 Å². The fraction of sp³-hybridized carbons (Fsp3) is 0.169. The molecule has 21 heteroatoms. The normalized spacial score (nSPS) is 11.7. The third-order valence-electron chi connectivity index (χ3n) is 13.9. The minimum atomic E-state index is -3.72.